The third-order valence-electron chi connectivity index (χ3n) is 7.89. The molecule has 6 aromatic rings. The molecule has 0 saturated carbocycles. The summed E-state index contributed by atoms with van der Waals surface area (Å²) in [5.74, 6) is 0.707. The number of benzene rings is 4. The Labute approximate surface area is 292 Å². The molecule has 0 radical (unpaired) electrons. The number of hydrogen-bond donors (Lipinski definition) is 1. The predicted molar refractivity (Wildman–Crippen MR) is 199 cm³/mol. The van der Waals surface area contributed by atoms with Gasteiger partial charge >= 0.3 is 0 Å². The maximum Gasteiger partial charge on any atom is 0.237 e. The summed E-state index contributed by atoms with van der Waals surface area (Å²) in [5.41, 5.74) is 4.40. The van der Waals surface area contributed by atoms with Crippen molar-refractivity contribution in [3.05, 3.63) is 131 Å². The molecule has 2 aromatic heterocycles. The number of ether oxygens (including phenoxy) is 2. The molecule has 0 bridgehead atoms. The molecule has 1 N–H and O–H groups in total. The standard InChI is InChI=1S/C40H31N3O4S2/c1-25(39(45)42-29-16-13-27(14-17-29)36(44)19-18-30-10-7-21-48-30)49-40-34(24-41)33(28-15-20-37(46-2)38(22-28)47-3)23-35(43-40)32-12-6-9-26-8-4-5-11-31(26)32/h4-23,25H,1-3H3,(H,42,45)/b19-18+. The Bertz CT molecular complexity index is 2220. The topological polar surface area (TPSA) is 101 Å². The maximum atomic E-state index is 13.5. The first kappa shape index (κ1) is 33.2. The lowest BCUT2D eigenvalue weighted by Gasteiger charge is -2.17. The second kappa shape index (κ2) is 15.0. The molecule has 242 valence electrons. The number of allylic oxidation sites excluding steroid dienone is 1. The predicted octanol–water partition coefficient (Wildman–Crippen LogP) is 9.53. The summed E-state index contributed by atoms with van der Waals surface area (Å²) in [4.78, 5) is 32.1. The Balaban J connectivity index is 1.31. The van der Waals surface area contributed by atoms with Crippen molar-refractivity contribution in [2.45, 2.75) is 17.2 Å². The Hall–Kier alpha value is -5.69. The summed E-state index contributed by atoms with van der Waals surface area (Å²) in [6.45, 7) is 1.77. The van der Waals surface area contributed by atoms with E-state index in [-0.39, 0.29) is 11.7 Å². The average molecular weight is 682 g/mol. The summed E-state index contributed by atoms with van der Waals surface area (Å²) in [7, 11) is 3.14. The summed E-state index contributed by atoms with van der Waals surface area (Å²) in [6.07, 6.45) is 3.33. The minimum Gasteiger partial charge on any atom is -0.493 e. The molecule has 0 aliphatic rings. The molecule has 1 atom stereocenters. The number of nitrogens with zero attached hydrogens (tertiary/aromatic N) is 2. The van der Waals surface area contributed by atoms with E-state index in [1.54, 1.807) is 75.0 Å². The summed E-state index contributed by atoms with van der Waals surface area (Å²) >= 11 is 2.77. The van der Waals surface area contributed by atoms with E-state index in [0.717, 1.165) is 26.8 Å². The van der Waals surface area contributed by atoms with Crippen LogP contribution in [0.25, 0.3) is 39.2 Å². The normalized spacial score (nSPS) is 11.6. The van der Waals surface area contributed by atoms with Crippen LogP contribution in [-0.4, -0.2) is 36.1 Å². The van der Waals surface area contributed by atoms with Crippen molar-refractivity contribution in [3.63, 3.8) is 0 Å². The lowest BCUT2D eigenvalue weighted by Crippen LogP contribution is -2.22. The van der Waals surface area contributed by atoms with Crippen LogP contribution in [0.3, 0.4) is 0 Å². The van der Waals surface area contributed by atoms with Crippen LogP contribution >= 0.6 is 23.1 Å². The first-order valence-electron chi connectivity index (χ1n) is 15.4. The SMILES string of the molecule is COc1ccc(-c2cc(-c3cccc4ccccc34)nc(SC(C)C(=O)Nc3ccc(C(=O)/C=C/c4cccs4)cc3)c2C#N)cc1OC. The number of carbonyl (C=O) groups excluding carboxylic acids is 2. The van der Waals surface area contributed by atoms with Gasteiger partial charge in [-0.1, -0.05) is 66.4 Å². The van der Waals surface area contributed by atoms with Gasteiger partial charge in [-0.25, -0.2) is 4.98 Å². The number of thioether (sulfide) groups is 1. The lowest BCUT2D eigenvalue weighted by molar-refractivity contribution is -0.115. The number of fused-ring (bicyclic) bond motifs is 1. The highest BCUT2D eigenvalue weighted by Crippen LogP contribution is 2.40. The van der Waals surface area contributed by atoms with Crippen molar-refractivity contribution in [3.8, 4) is 40.0 Å². The smallest absolute Gasteiger partial charge is 0.237 e. The van der Waals surface area contributed by atoms with Gasteiger partial charge in [0, 0.05) is 27.3 Å². The Morgan fingerprint density at radius 1 is 0.898 bits per heavy atom. The van der Waals surface area contributed by atoms with Crippen molar-refractivity contribution in [1.29, 1.82) is 5.26 Å². The van der Waals surface area contributed by atoms with E-state index in [0.29, 0.717) is 44.6 Å². The van der Waals surface area contributed by atoms with E-state index >= 15 is 0 Å². The van der Waals surface area contributed by atoms with Crippen LogP contribution in [0, 0.1) is 11.3 Å². The highest BCUT2D eigenvalue weighted by Gasteiger charge is 2.23. The number of thiophene rings is 1. The van der Waals surface area contributed by atoms with Crippen LogP contribution in [0.4, 0.5) is 5.69 Å². The Kier molecular flexibility index (Phi) is 10.2. The second-order valence-electron chi connectivity index (χ2n) is 11.0. The van der Waals surface area contributed by atoms with Crippen LogP contribution in [0.15, 0.2) is 120 Å². The fourth-order valence-electron chi connectivity index (χ4n) is 5.36. The third-order valence-corrected chi connectivity index (χ3v) is 9.82. The van der Waals surface area contributed by atoms with Crippen LogP contribution in [0.5, 0.6) is 11.5 Å². The summed E-state index contributed by atoms with van der Waals surface area (Å²) in [5, 5.41) is 17.3. The van der Waals surface area contributed by atoms with Crippen LogP contribution in [0.1, 0.15) is 27.7 Å². The molecule has 4 aromatic carbocycles. The van der Waals surface area contributed by atoms with Gasteiger partial charge in [-0.3, -0.25) is 9.59 Å². The number of carbonyl (C=O) groups is 2. The highest BCUT2D eigenvalue weighted by molar-refractivity contribution is 8.00. The van der Waals surface area contributed by atoms with E-state index in [2.05, 4.69) is 11.4 Å². The van der Waals surface area contributed by atoms with E-state index in [4.69, 9.17) is 14.5 Å². The number of nitrogens with one attached hydrogen (secondary N) is 1. The fourth-order valence-corrected chi connectivity index (χ4v) is 6.90. The Morgan fingerprint density at radius 3 is 2.41 bits per heavy atom. The first-order valence-corrected chi connectivity index (χ1v) is 17.1. The van der Waals surface area contributed by atoms with Crippen molar-refractivity contribution in [2.24, 2.45) is 0 Å². The summed E-state index contributed by atoms with van der Waals surface area (Å²) < 4.78 is 11.0. The van der Waals surface area contributed by atoms with Gasteiger partial charge in [0.25, 0.3) is 0 Å². The number of methoxy groups -OCH3 is 2. The monoisotopic (exact) mass is 681 g/mol. The molecule has 1 amide bonds. The minimum atomic E-state index is -0.615. The fraction of sp³-hybridized carbons (Fsp3) is 0.100. The zero-order chi connectivity index (χ0) is 34.3. The number of aromatic nitrogens is 1. The van der Waals surface area contributed by atoms with Crippen molar-refractivity contribution in [1.82, 2.24) is 4.98 Å². The van der Waals surface area contributed by atoms with Crippen molar-refractivity contribution >= 4 is 57.3 Å². The minimum absolute atomic E-state index is 0.123. The second-order valence-corrected chi connectivity index (χ2v) is 13.3. The molecule has 0 aliphatic carbocycles. The van der Waals surface area contributed by atoms with Crippen LogP contribution in [0.2, 0.25) is 0 Å². The molecule has 0 saturated heterocycles. The van der Waals surface area contributed by atoms with E-state index in [1.807, 2.05) is 78.2 Å². The molecular weight excluding hydrogens is 651 g/mol. The zero-order valence-electron chi connectivity index (χ0n) is 27.0. The quantitative estimate of drug-likeness (QED) is 0.0826. The van der Waals surface area contributed by atoms with Gasteiger partial charge in [-0.05, 0) is 89.3 Å². The number of hydrogen-bond acceptors (Lipinski definition) is 8. The van der Waals surface area contributed by atoms with Crippen LogP contribution < -0.4 is 14.8 Å². The molecule has 7 nitrogen and oxygen atoms in total. The number of anilines is 1. The largest absolute Gasteiger partial charge is 0.493 e. The molecule has 0 fully saturated rings. The molecule has 9 heteroatoms. The van der Waals surface area contributed by atoms with E-state index < -0.39 is 5.25 Å². The van der Waals surface area contributed by atoms with Crippen molar-refractivity contribution in [2.75, 3.05) is 19.5 Å². The van der Waals surface area contributed by atoms with Gasteiger partial charge in [0.2, 0.25) is 5.91 Å². The summed E-state index contributed by atoms with van der Waals surface area (Å²) in [6, 6.07) is 34.5. The molecular formula is C40H31N3O4S2. The van der Waals surface area contributed by atoms with E-state index in [1.165, 1.54) is 11.8 Å². The number of amides is 1. The molecule has 0 spiro atoms. The third kappa shape index (κ3) is 7.41. The highest BCUT2D eigenvalue weighted by atomic mass is 32.2. The Morgan fingerprint density at radius 2 is 1.67 bits per heavy atom. The molecule has 1 unspecified atom stereocenters. The number of nitriles is 1. The van der Waals surface area contributed by atoms with Gasteiger partial charge in [0.15, 0.2) is 17.3 Å². The van der Waals surface area contributed by atoms with Gasteiger partial charge in [0.1, 0.15) is 11.1 Å². The van der Waals surface area contributed by atoms with Gasteiger partial charge in [-0.15, -0.1) is 11.3 Å². The molecule has 0 aliphatic heterocycles. The van der Waals surface area contributed by atoms with Gasteiger partial charge in [0.05, 0.1) is 30.7 Å². The van der Waals surface area contributed by atoms with Gasteiger partial charge in [-0.2, -0.15) is 5.26 Å². The van der Waals surface area contributed by atoms with Crippen LogP contribution in [-0.2, 0) is 4.79 Å². The number of ketones is 1. The maximum absolute atomic E-state index is 13.5. The number of rotatable bonds is 11. The van der Waals surface area contributed by atoms with E-state index in [9.17, 15) is 14.9 Å². The number of pyridine rings is 1. The zero-order valence-corrected chi connectivity index (χ0v) is 28.6. The van der Waals surface area contributed by atoms with Crippen molar-refractivity contribution < 1.29 is 19.1 Å². The molecule has 6 rings (SSSR count). The van der Waals surface area contributed by atoms with Gasteiger partial charge < -0.3 is 14.8 Å². The average Bonchev–Trinajstić information content (AvgIpc) is 3.67. The molecule has 2 heterocycles. The molecule has 49 heavy (non-hydrogen) atoms. The first-order chi connectivity index (χ1) is 23.9. The lowest BCUT2D eigenvalue weighted by atomic mass is 9.96.